The van der Waals surface area contributed by atoms with Crippen molar-refractivity contribution in [2.75, 3.05) is 33.4 Å². The lowest BCUT2D eigenvalue weighted by atomic mass is 9.98. The number of benzene rings is 1. The Hall–Kier alpha value is -1.55. The maximum absolute atomic E-state index is 12.2. The molecule has 2 rings (SSSR count). The summed E-state index contributed by atoms with van der Waals surface area (Å²) in [6.45, 7) is 7.06. The van der Waals surface area contributed by atoms with Crippen molar-refractivity contribution in [1.82, 2.24) is 4.90 Å². The Balaban J connectivity index is 1.66. The zero-order valence-electron chi connectivity index (χ0n) is 14.6. The van der Waals surface area contributed by atoms with Gasteiger partial charge in [0.25, 0.3) is 0 Å². The van der Waals surface area contributed by atoms with Crippen LogP contribution in [0.5, 0.6) is 5.75 Å². The summed E-state index contributed by atoms with van der Waals surface area (Å²) in [5, 5.41) is 0. The van der Waals surface area contributed by atoms with Crippen LogP contribution in [0.3, 0.4) is 0 Å². The van der Waals surface area contributed by atoms with E-state index in [0.717, 1.165) is 50.3 Å². The van der Waals surface area contributed by atoms with Crippen molar-refractivity contribution in [3.63, 3.8) is 0 Å². The second kappa shape index (κ2) is 8.92. The molecule has 0 aliphatic carbocycles. The minimum absolute atomic E-state index is 0.215. The number of hydrogen-bond donors (Lipinski definition) is 0. The summed E-state index contributed by atoms with van der Waals surface area (Å²) in [6, 6.07) is 6.23. The maximum atomic E-state index is 12.2. The number of amides is 1. The number of ether oxygens (including phenoxy) is 2. The number of hydrogen-bond acceptors (Lipinski definition) is 3. The molecule has 1 aromatic rings. The molecule has 128 valence electrons. The van der Waals surface area contributed by atoms with E-state index in [1.54, 1.807) is 0 Å². The highest BCUT2D eigenvalue weighted by atomic mass is 16.5. The predicted molar refractivity (Wildman–Crippen MR) is 91.8 cm³/mol. The molecule has 1 aromatic carbocycles. The third-order valence-corrected chi connectivity index (χ3v) is 4.38. The third kappa shape index (κ3) is 5.87. The van der Waals surface area contributed by atoms with E-state index >= 15 is 0 Å². The van der Waals surface area contributed by atoms with Crippen LogP contribution in [0, 0.1) is 19.8 Å². The lowest BCUT2D eigenvalue weighted by Gasteiger charge is -2.24. The van der Waals surface area contributed by atoms with E-state index in [-0.39, 0.29) is 5.91 Å². The fraction of sp³-hybridized carbons (Fsp3) is 0.632. The molecule has 0 radical (unpaired) electrons. The molecule has 0 aromatic heterocycles. The van der Waals surface area contributed by atoms with Crippen molar-refractivity contribution < 1.29 is 14.3 Å². The van der Waals surface area contributed by atoms with Crippen LogP contribution in [0.4, 0.5) is 0 Å². The number of rotatable bonds is 7. The number of carbonyl (C=O) groups excluding carboxylic acids is 1. The van der Waals surface area contributed by atoms with Crippen molar-refractivity contribution in [2.45, 2.75) is 39.5 Å². The molecule has 0 saturated carbocycles. The lowest BCUT2D eigenvalue weighted by molar-refractivity contribution is -0.132. The first-order valence-corrected chi connectivity index (χ1v) is 8.58. The molecular weight excluding hydrogens is 290 g/mol. The summed E-state index contributed by atoms with van der Waals surface area (Å²) in [6.07, 6.45) is 3.63. The van der Waals surface area contributed by atoms with Crippen LogP contribution in [0.15, 0.2) is 18.2 Å². The van der Waals surface area contributed by atoms with Gasteiger partial charge in [-0.1, -0.05) is 12.1 Å². The van der Waals surface area contributed by atoms with Crippen LogP contribution < -0.4 is 4.74 Å². The topological polar surface area (TPSA) is 38.8 Å². The first-order valence-electron chi connectivity index (χ1n) is 8.58. The number of aryl methyl sites for hydroxylation is 2. The summed E-state index contributed by atoms with van der Waals surface area (Å²) in [5.74, 6) is 1.55. The smallest absolute Gasteiger partial charge is 0.222 e. The third-order valence-electron chi connectivity index (χ3n) is 4.38. The molecule has 0 N–H and O–H groups in total. The standard InChI is InChI=1S/C19H29NO3/c1-15-7-8-16(2)18(12-15)23-11-5-9-20(3)19(21)13-17-6-4-10-22-14-17/h7-8,12,17H,4-6,9-11,13-14H2,1-3H3. The maximum Gasteiger partial charge on any atom is 0.222 e. The highest BCUT2D eigenvalue weighted by Crippen LogP contribution is 2.20. The van der Waals surface area contributed by atoms with Gasteiger partial charge in [-0.15, -0.1) is 0 Å². The largest absolute Gasteiger partial charge is 0.493 e. The zero-order valence-corrected chi connectivity index (χ0v) is 14.6. The Kier molecular flexibility index (Phi) is 6.90. The summed E-state index contributed by atoms with van der Waals surface area (Å²) < 4.78 is 11.3. The SMILES string of the molecule is Cc1ccc(C)c(OCCCN(C)C(=O)CC2CCCOC2)c1. The summed E-state index contributed by atoms with van der Waals surface area (Å²) in [7, 11) is 1.88. The molecule has 1 unspecified atom stereocenters. The normalized spacial score (nSPS) is 17.8. The molecule has 4 nitrogen and oxygen atoms in total. The van der Waals surface area contributed by atoms with Gasteiger partial charge in [0.15, 0.2) is 0 Å². The number of carbonyl (C=O) groups is 1. The van der Waals surface area contributed by atoms with Crippen LogP contribution in [-0.2, 0) is 9.53 Å². The van der Waals surface area contributed by atoms with E-state index in [0.29, 0.717) is 18.9 Å². The first kappa shape index (κ1) is 17.8. The van der Waals surface area contributed by atoms with Gasteiger partial charge < -0.3 is 14.4 Å². The van der Waals surface area contributed by atoms with Gasteiger partial charge >= 0.3 is 0 Å². The molecule has 1 aliphatic rings. The minimum Gasteiger partial charge on any atom is -0.493 e. The van der Waals surface area contributed by atoms with Gasteiger partial charge in [0.1, 0.15) is 5.75 Å². The molecule has 0 bridgehead atoms. The fourth-order valence-corrected chi connectivity index (χ4v) is 2.84. The molecule has 1 heterocycles. The number of nitrogens with zero attached hydrogens (tertiary/aromatic N) is 1. The predicted octanol–water partition coefficient (Wildman–Crippen LogP) is 3.35. The van der Waals surface area contributed by atoms with Crippen molar-refractivity contribution in [2.24, 2.45) is 5.92 Å². The summed E-state index contributed by atoms with van der Waals surface area (Å²) in [5.41, 5.74) is 2.35. The Morgan fingerprint density at radius 1 is 1.39 bits per heavy atom. The van der Waals surface area contributed by atoms with E-state index in [2.05, 4.69) is 32.0 Å². The van der Waals surface area contributed by atoms with Crippen molar-refractivity contribution in [3.8, 4) is 5.75 Å². The highest BCUT2D eigenvalue weighted by molar-refractivity contribution is 5.76. The molecule has 1 saturated heterocycles. The van der Waals surface area contributed by atoms with Crippen LogP contribution in [-0.4, -0.2) is 44.2 Å². The van der Waals surface area contributed by atoms with E-state index in [4.69, 9.17) is 9.47 Å². The lowest BCUT2D eigenvalue weighted by Crippen LogP contribution is -2.32. The van der Waals surface area contributed by atoms with Crippen molar-refractivity contribution in [1.29, 1.82) is 0 Å². The molecule has 0 spiro atoms. The monoisotopic (exact) mass is 319 g/mol. The molecule has 1 amide bonds. The first-order chi connectivity index (χ1) is 11.1. The van der Waals surface area contributed by atoms with Gasteiger partial charge in [0, 0.05) is 33.2 Å². The average molecular weight is 319 g/mol. The molecule has 1 atom stereocenters. The summed E-state index contributed by atoms with van der Waals surface area (Å²) in [4.78, 5) is 14.0. The minimum atomic E-state index is 0.215. The van der Waals surface area contributed by atoms with E-state index in [9.17, 15) is 4.79 Å². The van der Waals surface area contributed by atoms with Crippen LogP contribution in [0.1, 0.15) is 36.8 Å². The molecule has 1 fully saturated rings. The van der Waals surface area contributed by atoms with Gasteiger partial charge in [-0.3, -0.25) is 4.79 Å². The fourth-order valence-electron chi connectivity index (χ4n) is 2.84. The van der Waals surface area contributed by atoms with E-state index < -0.39 is 0 Å². The van der Waals surface area contributed by atoms with E-state index in [1.165, 1.54) is 5.56 Å². The Morgan fingerprint density at radius 2 is 2.22 bits per heavy atom. The quantitative estimate of drug-likeness (QED) is 0.724. The summed E-state index contributed by atoms with van der Waals surface area (Å²) >= 11 is 0. The molecule has 4 heteroatoms. The Morgan fingerprint density at radius 3 is 2.96 bits per heavy atom. The highest BCUT2D eigenvalue weighted by Gasteiger charge is 2.19. The molecule has 23 heavy (non-hydrogen) atoms. The van der Waals surface area contributed by atoms with Crippen molar-refractivity contribution >= 4 is 5.91 Å². The Bertz CT molecular complexity index is 509. The van der Waals surface area contributed by atoms with Crippen molar-refractivity contribution in [3.05, 3.63) is 29.3 Å². The van der Waals surface area contributed by atoms with Gasteiger partial charge in [0.05, 0.1) is 6.61 Å². The van der Waals surface area contributed by atoms with Gasteiger partial charge in [-0.2, -0.15) is 0 Å². The van der Waals surface area contributed by atoms with Gasteiger partial charge in [0.2, 0.25) is 5.91 Å². The van der Waals surface area contributed by atoms with Gasteiger partial charge in [-0.05, 0) is 56.2 Å². The average Bonchev–Trinajstić information content (AvgIpc) is 2.55. The zero-order chi connectivity index (χ0) is 16.7. The second-order valence-corrected chi connectivity index (χ2v) is 6.57. The van der Waals surface area contributed by atoms with E-state index in [1.807, 2.05) is 11.9 Å². The Labute approximate surface area is 139 Å². The molecule has 1 aliphatic heterocycles. The van der Waals surface area contributed by atoms with Crippen LogP contribution in [0.25, 0.3) is 0 Å². The van der Waals surface area contributed by atoms with Crippen LogP contribution >= 0.6 is 0 Å². The van der Waals surface area contributed by atoms with Crippen LogP contribution in [0.2, 0.25) is 0 Å². The molecular formula is C19H29NO3. The van der Waals surface area contributed by atoms with Gasteiger partial charge in [-0.25, -0.2) is 0 Å². The second-order valence-electron chi connectivity index (χ2n) is 6.57.